The first-order valence-electron chi connectivity index (χ1n) is 7.75. The number of carboxylic acids is 1. The Balaban J connectivity index is 2.27. The van der Waals surface area contributed by atoms with Crippen LogP contribution in [0.25, 0.3) is 0 Å². The number of carboxylic acid groups (broad SMARTS) is 1. The summed E-state index contributed by atoms with van der Waals surface area (Å²) in [4.78, 5) is 36.5. The second-order valence-electron chi connectivity index (χ2n) is 6.24. The van der Waals surface area contributed by atoms with Crippen molar-refractivity contribution in [3.8, 4) is 0 Å². The van der Waals surface area contributed by atoms with E-state index in [1.165, 1.54) is 18.3 Å². The average Bonchev–Trinajstić information content (AvgIpc) is 2.96. The average molecular weight is 338 g/mol. The number of rotatable bonds is 6. The largest absolute Gasteiger partial charge is 0.480 e. The van der Waals surface area contributed by atoms with E-state index in [0.717, 1.165) is 29.7 Å². The minimum absolute atomic E-state index is 0.152. The molecule has 0 fully saturated rings. The Morgan fingerprint density at radius 1 is 1.26 bits per heavy atom. The van der Waals surface area contributed by atoms with Crippen molar-refractivity contribution in [3.63, 3.8) is 0 Å². The summed E-state index contributed by atoms with van der Waals surface area (Å²) < 4.78 is 0. The third kappa shape index (κ3) is 4.10. The number of anilines is 1. The van der Waals surface area contributed by atoms with Crippen molar-refractivity contribution in [1.29, 1.82) is 0 Å². The van der Waals surface area contributed by atoms with Crippen molar-refractivity contribution >= 4 is 34.1 Å². The predicted molar refractivity (Wildman–Crippen MR) is 89.0 cm³/mol. The van der Waals surface area contributed by atoms with Gasteiger partial charge in [0.1, 0.15) is 11.0 Å². The van der Waals surface area contributed by atoms with Gasteiger partial charge in [0.2, 0.25) is 5.91 Å². The van der Waals surface area contributed by atoms with Crippen molar-refractivity contribution in [2.45, 2.75) is 52.5 Å². The molecule has 1 atom stereocenters. The van der Waals surface area contributed by atoms with E-state index in [-0.39, 0.29) is 11.8 Å². The number of fused-ring (bicyclic) bond motifs is 1. The van der Waals surface area contributed by atoms with Crippen LogP contribution in [0.4, 0.5) is 5.00 Å². The van der Waals surface area contributed by atoms with Crippen LogP contribution in [-0.2, 0) is 22.4 Å². The SMILES string of the molecule is CC(=O)Nc1sc2c(c1C(=O)NC(CC(C)C)C(=O)O)CCC2. The van der Waals surface area contributed by atoms with Crippen LogP contribution in [0, 0.1) is 5.92 Å². The monoisotopic (exact) mass is 338 g/mol. The molecule has 1 aliphatic rings. The highest BCUT2D eigenvalue weighted by Gasteiger charge is 2.29. The molecule has 0 saturated carbocycles. The predicted octanol–water partition coefficient (Wildman–Crippen LogP) is 2.42. The van der Waals surface area contributed by atoms with E-state index in [0.29, 0.717) is 17.0 Å². The van der Waals surface area contributed by atoms with Gasteiger partial charge in [-0.2, -0.15) is 0 Å². The fourth-order valence-corrected chi connectivity index (χ4v) is 4.15. The van der Waals surface area contributed by atoms with Gasteiger partial charge in [0.15, 0.2) is 0 Å². The van der Waals surface area contributed by atoms with Gasteiger partial charge in [-0.3, -0.25) is 9.59 Å². The number of aryl methyl sites for hydroxylation is 1. The Morgan fingerprint density at radius 2 is 1.96 bits per heavy atom. The Labute approximate surface area is 139 Å². The lowest BCUT2D eigenvalue weighted by atomic mass is 10.0. The number of nitrogens with one attached hydrogen (secondary N) is 2. The van der Waals surface area contributed by atoms with Crippen LogP contribution in [0.2, 0.25) is 0 Å². The molecular formula is C16H22N2O4S. The zero-order chi connectivity index (χ0) is 17.1. The lowest BCUT2D eigenvalue weighted by Crippen LogP contribution is -2.42. The second-order valence-corrected chi connectivity index (χ2v) is 7.34. The molecule has 23 heavy (non-hydrogen) atoms. The number of carbonyl (C=O) groups is 3. The summed E-state index contributed by atoms with van der Waals surface area (Å²) in [6.45, 7) is 5.21. The van der Waals surface area contributed by atoms with Gasteiger partial charge in [-0.25, -0.2) is 4.79 Å². The van der Waals surface area contributed by atoms with Gasteiger partial charge in [-0.1, -0.05) is 13.8 Å². The normalized spacial score (nSPS) is 14.4. The van der Waals surface area contributed by atoms with Crippen LogP contribution in [0.3, 0.4) is 0 Å². The van der Waals surface area contributed by atoms with Gasteiger partial charge in [-0.05, 0) is 37.2 Å². The summed E-state index contributed by atoms with van der Waals surface area (Å²) in [6.07, 6.45) is 3.03. The molecule has 0 spiro atoms. The Morgan fingerprint density at radius 3 is 2.52 bits per heavy atom. The number of hydrogen-bond donors (Lipinski definition) is 3. The number of aliphatic carboxylic acids is 1. The molecular weight excluding hydrogens is 316 g/mol. The topological polar surface area (TPSA) is 95.5 Å². The van der Waals surface area contributed by atoms with Crippen molar-refractivity contribution in [3.05, 3.63) is 16.0 Å². The molecule has 0 radical (unpaired) electrons. The van der Waals surface area contributed by atoms with E-state index >= 15 is 0 Å². The van der Waals surface area contributed by atoms with Gasteiger partial charge in [0, 0.05) is 11.8 Å². The van der Waals surface area contributed by atoms with Gasteiger partial charge >= 0.3 is 5.97 Å². The first kappa shape index (κ1) is 17.5. The molecule has 2 amide bonds. The molecule has 0 bridgehead atoms. The lowest BCUT2D eigenvalue weighted by Gasteiger charge is -2.17. The number of thiophene rings is 1. The molecule has 1 heterocycles. The van der Waals surface area contributed by atoms with Crippen LogP contribution >= 0.6 is 11.3 Å². The maximum Gasteiger partial charge on any atom is 0.326 e. The lowest BCUT2D eigenvalue weighted by molar-refractivity contribution is -0.139. The Bertz CT molecular complexity index is 636. The van der Waals surface area contributed by atoms with E-state index in [9.17, 15) is 19.5 Å². The minimum atomic E-state index is -1.04. The molecule has 126 valence electrons. The highest BCUT2D eigenvalue weighted by molar-refractivity contribution is 7.17. The summed E-state index contributed by atoms with van der Waals surface area (Å²) in [5.74, 6) is -1.54. The van der Waals surface area contributed by atoms with Crippen molar-refractivity contribution in [2.75, 3.05) is 5.32 Å². The van der Waals surface area contributed by atoms with Crippen LogP contribution < -0.4 is 10.6 Å². The van der Waals surface area contributed by atoms with E-state index in [1.807, 2.05) is 13.8 Å². The van der Waals surface area contributed by atoms with E-state index in [4.69, 9.17) is 0 Å². The van der Waals surface area contributed by atoms with Crippen molar-refractivity contribution < 1.29 is 19.5 Å². The van der Waals surface area contributed by atoms with Gasteiger partial charge < -0.3 is 15.7 Å². The van der Waals surface area contributed by atoms with E-state index in [1.54, 1.807) is 0 Å². The van der Waals surface area contributed by atoms with Crippen LogP contribution in [-0.4, -0.2) is 28.9 Å². The maximum atomic E-state index is 12.6. The molecule has 1 unspecified atom stereocenters. The van der Waals surface area contributed by atoms with Gasteiger partial charge in [0.05, 0.1) is 5.56 Å². The molecule has 0 aliphatic heterocycles. The molecule has 1 aromatic rings. The quantitative estimate of drug-likeness (QED) is 0.742. The van der Waals surface area contributed by atoms with Crippen LogP contribution in [0.1, 0.15) is 54.4 Å². The highest BCUT2D eigenvalue weighted by atomic mass is 32.1. The first-order valence-corrected chi connectivity index (χ1v) is 8.57. The Kier molecular flexibility index (Phi) is 5.41. The molecule has 0 saturated heterocycles. The Hall–Kier alpha value is -1.89. The van der Waals surface area contributed by atoms with Crippen molar-refractivity contribution in [1.82, 2.24) is 5.32 Å². The molecule has 0 aromatic carbocycles. The number of hydrogen-bond acceptors (Lipinski definition) is 4. The summed E-state index contributed by atoms with van der Waals surface area (Å²) in [6, 6.07) is -0.926. The minimum Gasteiger partial charge on any atom is -0.480 e. The fourth-order valence-electron chi connectivity index (χ4n) is 2.82. The molecule has 6 nitrogen and oxygen atoms in total. The number of amides is 2. The maximum absolute atomic E-state index is 12.6. The van der Waals surface area contributed by atoms with Gasteiger partial charge in [0.25, 0.3) is 5.91 Å². The standard InChI is InChI=1S/C16H22N2O4S/c1-8(2)7-11(16(21)22)18-14(20)13-10-5-4-6-12(10)23-15(13)17-9(3)19/h8,11H,4-7H2,1-3H3,(H,17,19)(H,18,20)(H,21,22). The highest BCUT2D eigenvalue weighted by Crippen LogP contribution is 2.39. The molecule has 1 aliphatic carbocycles. The molecule has 7 heteroatoms. The van der Waals surface area contributed by atoms with Crippen LogP contribution in [0.15, 0.2) is 0 Å². The smallest absolute Gasteiger partial charge is 0.326 e. The van der Waals surface area contributed by atoms with Gasteiger partial charge in [-0.15, -0.1) is 11.3 Å². The zero-order valence-electron chi connectivity index (χ0n) is 13.6. The molecule has 3 N–H and O–H groups in total. The summed E-state index contributed by atoms with van der Waals surface area (Å²) in [7, 11) is 0. The summed E-state index contributed by atoms with van der Waals surface area (Å²) >= 11 is 1.41. The third-order valence-corrected chi connectivity index (χ3v) is 4.96. The summed E-state index contributed by atoms with van der Waals surface area (Å²) in [5, 5.41) is 15.1. The van der Waals surface area contributed by atoms with E-state index < -0.39 is 17.9 Å². The zero-order valence-corrected chi connectivity index (χ0v) is 14.4. The first-order chi connectivity index (χ1) is 10.8. The fraction of sp³-hybridized carbons (Fsp3) is 0.562. The number of carbonyl (C=O) groups excluding carboxylic acids is 2. The summed E-state index contributed by atoms with van der Waals surface area (Å²) in [5.41, 5.74) is 1.39. The van der Waals surface area contributed by atoms with E-state index in [2.05, 4.69) is 10.6 Å². The second kappa shape index (κ2) is 7.12. The molecule has 1 aromatic heterocycles. The van der Waals surface area contributed by atoms with Crippen LogP contribution in [0.5, 0.6) is 0 Å². The molecule has 2 rings (SSSR count). The third-order valence-electron chi connectivity index (χ3n) is 3.75. The van der Waals surface area contributed by atoms with Crippen molar-refractivity contribution in [2.24, 2.45) is 5.92 Å².